The number of carbonyl (C=O) groups excluding carboxylic acids is 1. The van der Waals surface area contributed by atoms with E-state index < -0.39 is 0 Å². The van der Waals surface area contributed by atoms with Crippen molar-refractivity contribution in [3.05, 3.63) is 42.2 Å². The number of nitrogens with one attached hydrogen (secondary N) is 1. The highest BCUT2D eigenvalue weighted by Gasteiger charge is 1.97. The van der Waals surface area contributed by atoms with Crippen LogP contribution in [0.3, 0.4) is 0 Å². The van der Waals surface area contributed by atoms with Gasteiger partial charge in [-0.1, -0.05) is 12.1 Å². The number of allylic oxidation sites excluding steroid dienone is 1. The first-order valence-corrected chi connectivity index (χ1v) is 3.91. The van der Waals surface area contributed by atoms with Gasteiger partial charge in [-0.05, 0) is 31.2 Å². The Morgan fingerprint density at radius 1 is 1.54 bits per heavy atom. The zero-order chi connectivity index (χ0) is 9.68. The third kappa shape index (κ3) is 3.07. The summed E-state index contributed by atoms with van der Waals surface area (Å²) >= 11 is 0. The molecule has 1 N–H and O–H groups in total. The number of hydrogen-bond donors (Lipinski definition) is 1. The van der Waals surface area contributed by atoms with Crippen LogP contribution in [0.15, 0.2) is 36.4 Å². The van der Waals surface area contributed by atoms with E-state index in [1.807, 2.05) is 0 Å². The van der Waals surface area contributed by atoms with Gasteiger partial charge in [-0.15, -0.1) is 0 Å². The van der Waals surface area contributed by atoms with Crippen molar-refractivity contribution < 1.29 is 9.18 Å². The van der Waals surface area contributed by atoms with Gasteiger partial charge < -0.3 is 5.32 Å². The molecule has 68 valence electrons. The zero-order valence-electron chi connectivity index (χ0n) is 7.25. The normalized spacial score (nSPS) is 10.3. The minimum atomic E-state index is -0.363. The second kappa shape index (κ2) is 4.40. The van der Waals surface area contributed by atoms with E-state index in [1.54, 1.807) is 25.1 Å². The minimum absolute atomic E-state index is 0.256. The van der Waals surface area contributed by atoms with Crippen LogP contribution >= 0.6 is 0 Å². The molecule has 13 heavy (non-hydrogen) atoms. The summed E-state index contributed by atoms with van der Waals surface area (Å²) < 4.78 is 12.6. The molecule has 0 radical (unpaired) electrons. The lowest BCUT2D eigenvalue weighted by Crippen LogP contribution is -2.07. The first-order chi connectivity index (χ1) is 6.22. The van der Waals surface area contributed by atoms with Crippen molar-refractivity contribution in [2.75, 3.05) is 5.32 Å². The SMILES string of the molecule is C/C=C/C(=O)Nc1cccc(F)c1. The van der Waals surface area contributed by atoms with Gasteiger partial charge in [0.15, 0.2) is 0 Å². The summed E-state index contributed by atoms with van der Waals surface area (Å²) in [5.41, 5.74) is 0.461. The van der Waals surface area contributed by atoms with Crippen LogP contribution in [0.25, 0.3) is 0 Å². The van der Waals surface area contributed by atoms with E-state index in [0.717, 1.165) is 0 Å². The van der Waals surface area contributed by atoms with Crippen LogP contribution in [0.2, 0.25) is 0 Å². The molecule has 0 unspecified atom stereocenters. The number of rotatable bonds is 2. The molecule has 0 saturated heterocycles. The molecular formula is C10H10FNO. The van der Waals surface area contributed by atoms with Gasteiger partial charge in [0.05, 0.1) is 0 Å². The number of benzene rings is 1. The fourth-order valence-electron chi connectivity index (χ4n) is 0.902. The monoisotopic (exact) mass is 179 g/mol. The Kier molecular flexibility index (Phi) is 3.20. The van der Waals surface area contributed by atoms with Crippen LogP contribution in [0.5, 0.6) is 0 Å². The second-order valence-corrected chi connectivity index (χ2v) is 2.50. The Balaban J connectivity index is 2.69. The van der Waals surface area contributed by atoms with E-state index in [4.69, 9.17) is 0 Å². The van der Waals surface area contributed by atoms with E-state index in [2.05, 4.69) is 5.32 Å². The molecule has 1 aromatic rings. The van der Waals surface area contributed by atoms with E-state index >= 15 is 0 Å². The van der Waals surface area contributed by atoms with E-state index in [9.17, 15) is 9.18 Å². The van der Waals surface area contributed by atoms with Gasteiger partial charge in [0.1, 0.15) is 5.82 Å². The van der Waals surface area contributed by atoms with Gasteiger partial charge in [-0.2, -0.15) is 0 Å². The van der Waals surface area contributed by atoms with Gasteiger partial charge >= 0.3 is 0 Å². The Morgan fingerprint density at radius 2 is 2.31 bits per heavy atom. The summed E-state index contributed by atoms with van der Waals surface area (Å²) in [5, 5.41) is 2.52. The summed E-state index contributed by atoms with van der Waals surface area (Å²) in [6.07, 6.45) is 3.00. The molecule has 0 spiro atoms. The maximum absolute atomic E-state index is 12.6. The summed E-state index contributed by atoms with van der Waals surface area (Å²) in [6, 6.07) is 5.76. The van der Waals surface area contributed by atoms with Crippen LogP contribution in [-0.2, 0) is 4.79 Å². The van der Waals surface area contributed by atoms with Gasteiger partial charge in [0, 0.05) is 5.69 Å². The number of hydrogen-bond acceptors (Lipinski definition) is 1. The lowest BCUT2D eigenvalue weighted by atomic mass is 10.3. The fraction of sp³-hybridized carbons (Fsp3) is 0.100. The van der Waals surface area contributed by atoms with Crippen LogP contribution in [0.1, 0.15) is 6.92 Å². The molecule has 0 aromatic heterocycles. The van der Waals surface area contributed by atoms with Crippen molar-refractivity contribution in [2.45, 2.75) is 6.92 Å². The number of carbonyl (C=O) groups is 1. The molecular weight excluding hydrogens is 169 g/mol. The fourth-order valence-corrected chi connectivity index (χ4v) is 0.902. The summed E-state index contributed by atoms with van der Waals surface area (Å²) in [4.78, 5) is 11.0. The molecule has 1 rings (SSSR count). The van der Waals surface area contributed by atoms with Crippen molar-refractivity contribution in [3.8, 4) is 0 Å². The third-order valence-electron chi connectivity index (χ3n) is 1.41. The Labute approximate surface area is 76.1 Å². The largest absolute Gasteiger partial charge is 0.322 e. The van der Waals surface area contributed by atoms with Crippen molar-refractivity contribution in [3.63, 3.8) is 0 Å². The van der Waals surface area contributed by atoms with Crippen LogP contribution in [0.4, 0.5) is 10.1 Å². The molecule has 0 atom stereocenters. The topological polar surface area (TPSA) is 29.1 Å². The van der Waals surface area contributed by atoms with E-state index in [1.165, 1.54) is 18.2 Å². The van der Waals surface area contributed by atoms with Gasteiger partial charge in [0.25, 0.3) is 0 Å². The average molecular weight is 179 g/mol. The summed E-state index contributed by atoms with van der Waals surface area (Å²) in [5.74, 6) is -0.619. The highest BCUT2D eigenvalue weighted by molar-refractivity contribution is 5.99. The smallest absolute Gasteiger partial charge is 0.248 e. The molecule has 0 aliphatic carbocycles. The molecule has 3 heteroatoms. The molecule has 0 heterocycles. The molecule has 1 amide bonds. The third-order valence-corrected chi connectivity index (χ3v) is 1.41. The average Bonchev–Trinajstić information content (AvgIpc) is 2.04. The standard InChI is InChI=1S/C10H10FNO/c1-2-4-10(13)12-9-6-3-5-8(11)7-9/h2-7H,1H3,(H,12,13)/b4-2+. The molecule has 1 aromatic carbocycles. The highest BCUT2D eigenvalue weighted by Crippen LogP contribution is 2.08. The van der Waals surface area contributed by atoms with E-state index in [0.29, 0.717) is 5.69 Å². The van der Waals surface area contributed by atoms with Gasteiger partial charge in [-0.25, -0.2) is 4.39 Å². The quantitative estimate of drug-likeness (QED) is 0.693. The van der Waals surface area contributed by atoms with Crippen molar-refractivity contribution in [1.82, 2.24) is 0 Å². The van der Waals surface area contributed by atoms with Crippen molar-refractivity contribution in [1.29, 1.82) is 0 Å². The van der Waals surface area contributed by atoms with E-state index in [-0.39, 0.29) is 11.7 Å². The number of halogens is 1. The zero-order valence-corrected chi connectivity index (χ0v) is 7.25. The van der Waals surface area contributed by atoms with Crippen LogP contribution < -0.4 is 5.32 Å². The lowest BCUT2D eigenvalue weighted by molar-refractivity contribution is -0.111. The molecule has 0 saturated carbocycles. The summed E-state index contributed by atoms with van der Waals surface area (Å²) in [6.45, 7) is 1.74. The molecule has 0 aliphatic rings. The van der Waals surface area contributed by atoms with Gasteiger partial charge in [0.2, 0.25) is 5.91 Å². The van der Waals surface area contributed by atoms with Crippen molar-refractivity contribution in [2.24, 2.45) is 0 Å². The second-order valence-electron chi connectivity index (χ2n) is 2.50. The molecule has 2 nitrogen and oxygen atoms in total. The molecule has 0 aliphatic heterocycles. The molecule has 0 bridgehead atoms. The molecule has 0 fully saturated rings. The van der Waals surface area contributed by atoms with Crippen LogP contribution in [0, 0.1) is 5.82 Å². The highest BCUT2D eigenvalue weighted by atomic mass is 19.1. The minimum Gasteiger partial charge on any atom is -0.322 e. The predicted octanol–water partition coefficient (Wildman–Crippen LogP) is 2.34. The first kappa shape index (κ1) is 9.45. The van der Waals surface area contributed by atoms with Crippen molar-refractivity contribution >= 4 is 11.6 Å². The predicted molar refractivity (Wildman–Crippen MR) is 49.8 cm³/mol. The Bertz CT molecular complexity index is 333. The van der Waals surface area contributed by atoms with Gasteiger partial charge in [-0.3, -0.25) is 4.79 Å². The summed E-state index contributed by atoms with van der Waals surface area (Å²) in [7, 11) is 0. The lowest BCUT2D eigenvalue weighted by Gasteiger charge is -2.00. The number of amides is 1. The maximum Gasteiger partial charge on any atom is 0.248 e. The maximum atomic E-state index is 12.6. The number of anilines is 1. The Hall–Kier alpha value is -1.64. The Morgan fingerprint density at radius 3 is 2.92 bits per heavy atom. The first-order valence-electron chi connectivity index (χ1n) is 3.91. The van der Waals surface area contributed by atoms with Crippen LogP contribution in [-0.4, -0.2) is 5.91 Å².